The molecule has 90 valence electrons. The summed E-state index contributed by atoms with van der Waals surface area (Å²) in [6, 6.07) is 8.84. The molecule has 0 heteroatoms. The van der Waals surface area contributed by atoms with Gasteiger partial charge in [0.2, 0.25) is 0 Å². The van der Waals surface area contributed by atoms with Crippen LogP contribution in [0, 0.1) is 6.92 Å². The van der Waals surface area contributed by atoms with Crippen LogP contribution in [-0.4, -0.2) is 0 Å². The molecule has 0 unspecified atom stereocenters. The summed E-state index contributed by atoms with van der Waals surface area (Å²) in [6.07, 6.45) is 9.99. The molecule has 0 N–H and O–H groups in total. The van der Waals surface area contributed by atoms with E-state index in [0.29, 0.717) is 0 Å². The first kappa shape index (κ1) is 11.3. The van der Waals surface area contributed by atoms with Crippen molar-refractivity contribution >= 4 is 0 Å². The summed E-state index contributed by atoms with van der Waals surface area (Å²) in [5, 5.41) is 0. The van der Waals surface area contributed by atoms with E-state index in [0.717, 1.165) is 19.3 Å². The van der Waals surface area contributed by atoms with E-state index in [1.807, 2.05) is 0 Å². The van der Waals surface area contributed by atoms with Crippen molar-refractivity contribution in [2.45, 2.75) is 26.2 Å². The van der Waals surface area contributed by atoms with Crippen LogP contribution in [0.5, 0.6) is 0 Å². The minimum Gasteiger partial charge on any atom is -0.0949 e. The normalized spacial score (nSPS) is 18.1. The topological polar surface area (TPSA) is 0 Å². The first-order valence-electron chi connectivity index (χ1n) is 6.55. The van der Waals surface area contributed by atoms with Crippen LogP contribution >= 0.6 is 0 Å². The van der Waals surface area contributed by atoms with Crippen molar-refractivity contribution in [1.29, 1.82) is 0 Å². The van der Waals surface area contributed by atoms with E-state index in [1.54, 1.807) is 0 Å². The molecule has 2 aliphatic rings. The smallest absolute Gasteiger partial charge is 0.00604 e. The molecule has 0 aliphatic heterocycles. The quantitative estimate of drug-likeness (QED) is 0.697. The number of hydrogen-bond donors (Lipinski definition) is 0. The van der Waals surface area contributed by atoms with Crippen LogP contribution < -0.4 is 0 Å². The van der Waals surface area contributed by atoms with Gasteiger partial charge < -0.3 is 0 Å². The van der Waals surface area contributed by atoms with Crippen molar-refractivity contribution in [1.82, 2.24) is 0 Å². The van der Waals surface area contributed by atoms with Crippen LogP contribution in [0.1, 0.15) is 24.0 Å². The maximum Gasteiger partial charge on any atom is -0.00604 e. The standard InChI is InChI=1S/C18H18/c1-13-6-8-15(9-7-13)11-16-10-14(2)18-5-3-4-17(18)12-16/h3,5-9,12H,2,4,10-11H2,1H3. The summed E-state index contributed by atoms with van der Waals surface area (Å²) in [5.41, 5.74) is 8.33. The van der Waals surface area contributed by atoms with Crippen LogP contribution in [0.25, 0.3) is 0 Å². The van der Waals surface area contributed by atoms with Gasteiger partial charge in [0.1, 0.15) is 0 Å². The zero-order valence-electron chi connectivity index (χ0n) is 10.9. The first-order valence-corrected chi connectivity index (χ1v) is 6.55. The third-order valence-electron chi connectivity index (χ3n) is 3.72. The zero-order valence-corrected chi connectivity index (χ0v) is 10.9. The molecule has 0 heterocycles. The summed E-state index contributed by atoms with van der Waals surface area (Å²) in [6.45, 7) is 6.34. The average molecular weight is 234 g/mol. The molecule has 0 fully saturated rings. The second-order valence-corrected chi connectivity index (χ2v) is 5.29. The maximum absolute atomic E-state index is 4.21. The molecular weight excluding hydrogens is 216 g/mol. The van der Waals surface area contributed by atoms with Gasteiger partial charge in [0, 0.05) is 0 Å². The number of allylic oxidation sites excluding steroid dienone is 7. The molecule has 0 radical (unpaired) electrons. The van der Waals surface area contributed by atoms with Gasteiger partial charge in [-0.2, -0.15) is 0 Å². The van der Waals surface area contributed by atoms with Crippen LogP contribution in [-0.2, 0) is 6.42 Å². The Hall–Kier alpha value is -1.82. The van der Waals surface area contributed by atoms with Gasteiger partial charge in [-0.1, -0.05) is 60.2 Å². The van der Waals surface area contributed by atoms with Gasteiger partial charge in [-0.05, 0) is 48.5 Å². The lowest BCUT2D eigenvalue weighted by Gasteiger charge is -2.18. The predicted molar refractivity (Wildman–Crippen MR) is 77.5 cm³/mol. The van der Waals surface area contributed by atoms with Crippen molar-refractivity contribution in [3.8, 4) is 0 Å². The minimum atomic E-state index is 1.02. The van der Waals surface area contributed by atoms with E-state index in [9.17, 15) is 0 Å². The van der Waals surface area contributed by atoms with E-state index in [4.69, 9.17) is 0 Å². The third kappa shape index (κ3) is 2.11. The predicted octanol–water partition coefficient (Wildman–Crippen LogP) is 4.68. The lowest BCUT2D eigenvalue weighted by molar-refractivity contribution is 1.000. The molecule has 0 saturated carbocycles. The highest BCUT2D eigenvalue weighted by Gasteiger charge is 2.17. The van der Waals surface area contributed by atoms with Crippen LogP contribution in [0.4, 0.5) is 0 Å². The summed E-state index contributed by atoms with van der Waals surface area (Å²) in [4.78, 5) is 0. The SMILES string of the molecule is C=C1CC(Cc2ccc(C)cc2)=CC2=C1C=CC2. The number of hydrogen-bond acceptors (Lipinski definition) is 0. The van der Waals surface area contributed by atoms with Gasteiger partial charge in [0.05, 0.1) is 0 Å². The molecule has 0 spiro atoms. The van der Waals surface area contributed by atoms with Crippen molar-refractivity contribution in [2.75, 3.05) is 0 Å². The van der Waals surface area contributed by atoms with E-state index >= 15 is 0 Å². The van der Waals surface area contributed by atoms with E-state index in [2.05, 4.69) is 56.0 Å². The highest BCUT2D eigenvalue weighted by Crippen LogP contribution is 2.35. The lowest BCUT2D eigenvalue weighted by Crippen LogP contribution is -2.01. The Morgan fingerprint density at radius 2 is 1.94 bits per heavy atom. The molecule has 1 aromatic rings. The fourth-order valence-corrected chi connectivity index (χ4v) is 2.75. The molecule has 1 aromatic carbocycles. The Morgan fingerprint density at radius 1 is 1.17 bits per heavy atom. The first-order chi connectivity index (χ1) is 8.72. The second kappa shape index (κ2) is 4.45. The van der Waals surface area contributed by atoms with Crippen molar-refractivity contribution in [3.05, 3.63) is 82.5 Å². The minimum absolute atomic E-state index is 1.02. The molecule has 0 nitrogen and oxygen atoms in total. The molecule has 0 bridgehead atoms. The van der Waals surface area contributed by atoms with Crippen LogP contribution in [0.15, 0.2) is 71.4 Å². The van der Waals surface area contributed by atoms with E-state index in [1.165, 1.54) is 33.4 Å². The van der Waals surface area contributed by atoms with Gasteiger partial charge in [-0.3, -0.25) is 0 Å². The highest BCUT2D eigenvalue weighted by molar-refractivity contribution is 5.56. The third-order valence-corrected chi connectivity index (χ3v) is 3.72. The Balaban J connectivity index is 1.82. The molecule has 0 atom stereocenters. The Bertz CT molecular complexity index is 577. The lowest BCUT2D eigenvalue weighted by atomic mass is 9.87. The molecule has 0 saturated heterocycles. The highest BCUT2D eigenvalue weighted by atomic mass is 14.2. The number of aryl methyl sites for hydroxylation is 1. The van der Waals surface area contributed by atoms with Crippen molar-refractivity contribution in [2.24, 2.45) is 0 Å². The summed E-state index contributed by atoms with van der Waals surface area (Å²) in [5.74, 6) is 0. The molecule has 0 amide bonds. The van der Waals surface area contributed by atoms with Gasteiger partial charge in [-0.15, -0.1) is 0 Å². The summed E-state index contributed by atoms with van der Waals surface area (Å²) in [7, 11) is 0. The zero-order chi connectivity index (χ0) is 12.5. The molecule has 3 rings (SSSR count). The van der Waals surface area contributed by atoms with Gasteiger partial charge in [0.15, 0.2) is 0 Å². The summed E-state index contributed by atoms with van der Waals surface area (Å²) < 4.78 is 0. The Labute approximate surface area is 109 Å². The van der Waals surface area contributed by atoms with E-state index < -0.39 is 0 Å². The van der Waals surface area contributed by atoms with Crippen LogP contribution in [0.3, 0.4) is 0 Å². The molecule has 18 heavy (non-hydrogen) atoms. The van der Waals surface area contributed by atoms with Gasteiger partial charge >= 0.3 is 0 Å². The Morgan fingerprint density at radius 3 is 2.72 bits per heavy atom. The van der Waals surface area contributed by atoms with Crippen molar-refractivity contribution < 1.29 is 0 Å². The summed E-state index contributed by atoms with van der Waals surface area (Å²) >= 11 is 0. The number of rotatable bonds is 2. The fourth-order valence-electron chi connectivity index (χ4n) is 2.75. The fraction of sp³-hybridized carbons (Fsp3) is 0.222. The van der Waals surface area contributed by atoms with Crippen LogP contribution in [0.2, 0.25) is 0 Å². The average Bonchev–Trinajstić information content (AvgIpc) is 2.81. The number of benzene rings is 1. The van der Waals surface area contributed by atoms with E-state index in [-0.39, 0.29) is 0 Å². The molecule has 2 aliphatic carbocycles. The Kier molecular flexibility index (Phi) is 2.79. The monoisotopic (exact) mass is 234 g/mol. The molecule has 0 aromatic heterocycles. The largest absolute Gasteiger partial charge is 0.0949 e. The maximum atomic E-state index is 4.21. The van der Waals surface area contributed by atoms with Crippen molar-refractivity contribution in [3.63, 3.8) is 0 Å². The second-order valence-electron chi connectivity index (χ2n) is 5.29. The molecular formula is C18H18. The van der Waals surface area contributed by atoms with Gasteiger partial charge in [-0.25, -0.2) is 0 Å². The van der Waals surface area contributed by atoms with Gasteiger partial charge in [0.25, 0.3) is 0 Å².